The van der Waals surface area contributed by atoms with E-state index in [1.165, 1.54) is 6.07 Å². The van der Waals surface area contributed by atoms with Crippen molar-refractivity contribution in [3.8, 4) is 5.75 Å². The van der Waals surface area contributed by atoms with Gasteiger partial charge in [-0.25, -0.2) is 4.39 Å². The van der Waals surface area contributed by atoms with Crippen molar-refractivity contribution in [2.75, 3.05) is 13.7 Å². The second-order valence-corrected chi connectivity index (χ2v) is 5.45. The molecule has 0 saturated heterocycles. The summed E-state index contributed by atoms with van der Waals surface area (Å²) in [6.45, 7) is 0.554. The molecular weight excluding hydrogens is 285 g/mol. The van der Waals surface area contributed by atoms with E-state index in [4.69, 9.17) is 10.5 Å². The fourth-order valence-corrected chi connectivity index (χ4v) is 3.55. The summed E-state index contributed by atoms with van der Waals surface area (Å²) in [6.07, 6.45) is 4.36. The minimum absolute atomic E-state index is 0.0891. The first-order chi connectivity index (χ1) is 8.13. The Balaban J connectivity index is 2.53. The highest BCUT2D eigenvalue weighted by Gasteiger charge is 2.36. The van der Waals surface area contributed by atoms with E-state index in [9.17, 15) is 4.39 Å². The lowest BCUT2D eigenvalue weighted by Crippen LogP contribution is -2.32. The Morgan fingerprint density at radius 2 is 2.06 bits per heavy atom. The van der Waals surface area contributed by atoms with Gasteiger partial charge in [0.15, 0.2) is 0 Å². The van der Waals surface area contributed by atoms with Crippen LogP contribution in [0.1, 0.15) is 31.2 Å². The summed E-state index contributed by atoms with van der Waals surface area (Å²) >= 11 is 3.51. The largest absolute Gasteiger partial charge is 0.495 e. The van der Waals surface area contributed by atoms with Gasteiger partial charge in [0, 0.05) is 18.0 Å². The third-order valence-electron chi connectivity index (χ3n) is 3.75. The Morgan fingerprint density at radius 3 is 2.59 bits per heavy atom. The van der Waals surface area contributed by atoms with E-state index < -0.39 is 0 Å². The number of benzene rings is 1. The molecule has 0 unspecified atom stereocenters. The average Bonchev–Trinajstić information content (AvgIpc) is 2.81. The molecule has 0 amide bonds. The van der Waals surface area contributed by atoms with Gasteiger partial charge in [-0.1, -0.05) is 12.8 Å². The lowest BCUT2D eigenvalue weighted by atomic mass is 9.79. The van der Waals surface area contributed by atoms with Gasteiger partial charge in [0.2, 0.25) is 0 Å². The molecule has 1 fully saturated rings. The van der Waals surface area contributed by atoms with Gasteiger partial charge < -0.3 is 10.5 Å². The average molecular weight is 302 g/mol. The van der Waals surface area contributed by atoms with Crippen LogP contribution < -0.4 is 10.5 Å². The third-order valence-corrected chi connectivity index (χ3v) is 4.56. The van der Waals surface area contributed by atoms with Crippen LogP contribution in [0.25, 0.3) is 0 Å². The number of methoxy groups -OCH3 is 1. The number of hydrogen-bond acceptors (Lipinski definition) is 2. The minimum Gasteiger partial charge on any atom is -0.495 e. The van der Waals surface area contributed by atoms with Crippen LogP contribution in [0.3, 0.4) is 0 Å². The Hall–Kier alpha value is -0.610. The molecule has 0 atom stereocenters. The summed E-state index contributed by atoms with van der Waals surface area (Å²) in [4.78, 5) is 0. The first-order valence-corrected chi connectivity index (χ1v) is 6.66. The number of rotatable bonds is 3. The summed E-state index contributed by atoms with van der Waals surface area (Å²) in [5, 5.41) is 0. The first kappa shape index (κ1) is 12.8. The quantitative estimate of drug-likeness (QED) is 0.929. The van der Waals surface area contributed by atoms with Gasteiger partial charge >= 0.3 is 0 Å². The normalized spacial score (nSPS) is 18.4. The van der Waals surface area contributed by atoms with Gasteiger partial charge in [0.25, 0.3) is 0 Å². The molecule has 1 aromatic rings. The minimum atomic E-state index is -0.264. The topological polar surface area (TPSA) is 35.2 Å². The number of hydrogen-bond donors (Lipinski definition) is 1. The monoisotopic (exact) mass is 301 g/mol. The molecule has 94 valence electrons. The van der Waals surface area contributed by atoms with Gasteiger partial charge in [-0.15, -0.1) is 0 Å². The van der Waals surface area contributed by atoms with E-state index in [1.54, 1.807) is 13.2 Å². The van der Waals surface area contributed by atoms with Gasteiger partial charge in [-0.3, -0.25) is 0 Å². The van der Waals surface area contributed by atoms with Crippen molar-refractivity contribution in [1.82, 2.24) is 0 Å². The fourth-order valence-electron chi connectivity index (χ4n) is 2.73. The standard InChI is InChI=1S/C13H17BrFNO/c1-17-11-7-9(15)6-10(12(11)14)13(8-16)4-2-3-5-13/h6-7H,2-5,8,16H2,1H3. The molecule has 0 aliphatic heterocycles. The maximum Gasteiger partial charge on any atom is 0.136 e. The van der Waals surface area contributed by atoms with E-state index in [2.05, 4.69) is 15.9 Å². The van der Waals surface area contributed by atoms with Crippen LogP contribution in [0.15, 0.2) is 16.6 Å². The third kappa shape index (κ3) is 2.20. The molecule has 1 aromatic carbocycles. The molecule has 1 saturated carbocycles. The Morgan fingerprint density at radius 1 is 1.41 bits per heavy atom. The smallest absolute Gasteiger partial charge is 0.136 e. The molecule has 2 nitrogen and oxygen atoms in total. The van der Waals surface area contributed by atoms with Crippen LogP contribution in [0.4, 0.5) is 4.39 Å². The van der Waals surface area contributed by atoms with Crippen molar-refractivity contribution >= 4 is 15.9 Å². The highest BCUT2D eigenvalue weighted by Crippen LogP contribution is 2.45. The molecule has 0 aromatic heterocycles. The molecule has 17 heavy (non-hydrogen) atoms. The molecule has 0 radical (unpaired) electrons. The van der Waals surface area contributed by atoms with Gasteiger partial charge in [-0.2, -0.15) is 0 Å². The van der Waals surface area contributed by atoms with Crippen LogP contribution in [0.2, 0.25) is 0 Å². The zero-order valence-corrected chi connectivity index (χ0v) is 11.5. The second-order valence-electron chi connectivity index (χ2n) is 4.66. The van der Waals surface area contributed by atoms with E-state index in [-0.39, 0.29) is 11.2 Å². The summed E-state index contributed by atoms with van der Waals surface area (Å²) in [7, 11) is 1.55. The number of nitrogens with two attached hydrogens (primary N) is 1. The molecule has 2 rings (SSSR count). The lowest BCUT2D eigenvalue weighted by molar-refractivity contribution is 0.398. The molecule has 4 heteroatoms. The van der Waals surface area contributed by atoms with Crippen LogP contribution >= 0.6 is 15.9 Å². The van der Waals surface area contributed by atoms with Crippen LogP contribution in [0.5, 0.6) is 5.75 Å². The predicted octanol–water partition coefficient (Wildman–Crippen LogP) is 3.37. The second kappa shape index (κ2) is 4.94. The maximum atomic E-state index is 13.6. The highest BCUT2D eigenvalue weighted by molar-refractivity contribution is 9.10. The SMILES string of the molecule is COc1cc(F)cc(C2(CN)CCCC2)c1Br. The van der Waals surface area contributed by atoms with E-state index in [0.717, 1.165) is 35.7 Å². The van der Waals surface area contributed by atoms with Crippen molar-refractivity contribution in [2.45, 2.75) is 31.1 Å². The van der Waals surface area contributed by atoms with Crippen LogP contribution in [-0.2, 0) is 5.41 Å². The summed E-state index contributed by atoms with van der Waals surface area (Å²) in [5.74, 6) is 0.277. The fraction of sp³-hybridized carbons (Fsp3) is 0.538. The summed E-state index contributed by atoms with van der Waals surface area (Å²) in [6, 6.07) is 2.98. The van der Waals surface area contributed by atoms with Crippen LogP contribution in [-0.4, -0.2) is 13.7 Å². The van der Waals surface area contributed by atoms with Crippen LogP contribution in [0, 0.1) is 5.82 Å². The van der Waals surface area contributed by atoms with E-state index >= 15 is 0 Å². The van der Waals surface area contributed by atoms with Gasteiger partial charge in [0.1, 0.15) is 11.6 Å². The van der Waals surface area contributed by atoms with Crippen molar-refractivity contribution in [2.24, 2.45) is 5.73 Å². The molecule has 0 spiro atoms. The lowest BCUT2D eigenvalue weighted by Gasteiger charge is -2.29. The summed E-state index contributed by atoms with van der Waals surface area (Å²) < 4.78 is 19.6. The van der Waals surface area contributed by atoms with Crippen molar-refractivity contribution < 1.29 is 9.13 Å². The van der Waals surface area contributed by atoms with E-state index in [0.29, 0.717) is 12.3 Å². The predicted molar refractivity (Wildman–Crippen MR) is 69.9 cm³/mol. The molecule has 1 aliphatic carbocycles. The van der Waals surface area contributed by atoms with Crippen molar-refractivity contribution in [1.29, 1.82) is 0 Å². The Bertz CT molecular complexity index is 416. The molecule has 0 heterocycles. The first-order valence-electron chi connectivity index (χ1n) is 5.86. The maximum absolute atomic E-state index is 13.6. The van der Waals surface area contributed by atoms with Gasteiger partial charge in [0.05, 0.1) is 11.6 Å². The van der Waals surface area contributed by atoms with Crippen molar-refractivity contribution in [3.63, 3.8) is 0 Å². The molecular formula is C13H17BrFNO. The molecule has 1 aliphatic rings. The Kier molecular flexibility index (Phi) is 3.73. The number of ether oxygens (including phenoxy) is 1. The van der Waals surface area contributed by atoms with E-state index in [1.807, 2.05) is 0 Å². The van der Waals surface area contributed by atoms with Crippen molar-refractivity contribution in [3.05, 3.63) is 28.0 Å². The zero-order valence-electron chi connectivity index (χ0n) is 9.93. The number of halogens is 2. The van der Waals surface area contributed by atoms with Gasteiger partial charge in [-0.05, 0) is 40.4 Å². The highest BCUT2D eigenvalue weighted by atomic mass is 79.9. The summed E-state index contributed by atoms with van der Waals surface area (Å²) in [5.41, 5.74) is 6.79. The molecule has 2 N–H and O–H groups in total. The molecule has 0 bridgehead atoms. The zero-order chi connectivity index (χ0) is 12.5. The Labute approximate surface area is 109 Å².